The van der Waals surface area contributed by atoms with Gasteiger partial charge < -0.3 is 9.42 Å². The molecular formula is C21H21FN2O2S. The van der Waals surface area contributed by atoms with Crippen LogP contribution in [-0.2, 0) is 11.2 Å². The number of carbonyl (C=O) groups is 1. The van der Waals surface area contributed by atoms with Crippen LogP contribution in [0.1, 0.15) is 43.0 Å². The minimum atomic E-state index is -0.285. The average molecular weight is 384 g/mol. The van der Waals surface area contributed by atoms with Gasteiger partial charge in [-0.05, 0) is 59.5 Å². The van der Waals surface area contributed by atoms with E-state index in [-0.39, 0.29) is 17.8 Å². The van der Waals surface area contributed by atoms with Crippen molar-refractivity contribution in [2.24, 2.45) is 0 Å². The lowest BCUT2D eigenvalue weighted by atomic mass is 10.0. The molecule has 3 aromatic rings. The summed E-state index contributed by atoms with van der Waals surface area (Å²) in [5.41, 5.74) is 2.61. The van der Waals surface area contributed by atoms with Crippen LogP contribution in [-0.4, -0.2) is 22.5 Å². The van der Waals surface area contributed by atoms with E-state index < -0.39 is 0 Å². The summed E-state index contributed by atoms with van der Waals surface area (Å²) in [7, 11) is 0. The van der Waals surface area contributed by atoms with E-state index in [2.05, 4.69) is 5.16 Å². The van der Waals surface area contributed by atoms with Crippen molar-refractivity contribution in [3.8, 4) is 11.3 Å². The van der Waals surface area contributed by atoms with Gasteiger partial charge >= 0.3 is 0 Å². The highest BCUT2D eigenvalue weighted by Gasteiger charge is 2.29. The van der Waals surface area contributed by atoms with Crippen LogP contribution in [0.3, 0.4) is 0 Å². The molecule has 27 heavy (non-hydrogen) atoms. The lowest BCUT2D eigenvalue weighted by Crippen LogP contribution is -2.36. The van der Waals surface area contributed by atoms with Crippen LogP contribution in [0.4, 0.5) is 4.39 Å². The van der Waals surface area contributed by atoms with Gasteiger partial charge in [0, 0.05) is 18.2 Å². The highest BCUT2D eigenvalue weighted by Crippen LogP contribution is 2.32. The summed E-state index contributed by atoms with van der Waals surface area (Å²) in [6, 6.07) is 9.96. The Morgan fingerprint density at radius 2 is 2.07 bits per heavy atom. The maximum Gasteiger partial charge on any atom is 0.227 e. The number of amides is 1. The van der Waals surface area contributed by atoms with Gasteiger partial charge in [-0.3, -0.25) is 4.79 Å². The van der Waals surface area contributed by atoms with E-state index in [1.807, 2.05) is 27.8 Å². The summed E-state index contributed by atoms with van der Waals surface area (Å²) in [5.74, 6) is 0.443. The number of halogens is 1. The minimum absolute atomic E-state index is 0.0726. The van der Waals surface area contributed by atoms with E-state index in [0.29, 0.717) is 12.2 Å². The molecule has 0 N–H and O–H groups in total. The lowest BCUT2D eigenvalue weighted by Gasteiger charge is -2.28. The van der Waals surface area contributed by atoms with Crippen LogP contribution < -0.4 is 0 Å². The van der Waals surface area contributed by atoms with Gasteiger partial charge in [-0.15, -0.1) is 0 Å². The molecule has 1 aliphatic heterocycles. The van der Waals surface area contributed by atoms with Gasteiger partial charge in [-0.25, -0.2) is 4.39 Å². The molecule has 0 aliphatic carbocycles. The van der Waals surface area contributed by atoms with Gasteiger partial charge in [0.05, 0.1) is 12.5 Å². The largest absolute Gasteiger partial charge is 0.356 e. The molecule has 1 aliphatic rings. The second-order valence-electron chi connectivity index (χ2n) is 6.88. The topological polar surface area (TPSA) is 46.3 Å². The van der Waals surface area contributed by atoms with Gasteiger partial charge in [0.15, 0.2) is 5.76 Å². The van der Waals surface area contributed by atoms with Crippen molar-refractivity contribution in [3.63, 3.8) is 0 Å². The summed E-state index contributed by atoms with van der Waals surface area (Å²) in [6.07, 6.45) is 4.48. The fourth-order valence-corrected chi connectivity index (χ4v) is 4.25. The van der Waals surface area contributed by atoms with Crippen molar-refractivity contribution in [3.05, 3.63) is 64.2 Å². The number of hydrogen-bond donors (Lipinski definition) is 0. The molecular weight excluding hydrogens is 363 g/mol. The number of thiophene rings is 1. The number of aromatic nitrogens is 1. The zero-order valence-electron chi connectivity index (χ0n) is 14.9. The molecule has 0 saturated carbocycles. The Kier molecular flexibility index (Phi) is 5.34. The fourth-order valence-electron chi connectivity index (χ4n) is 3.58. The van der Waals surface area contributed by atoms with Crippen LogP contribution in [0.2, 0.25) is 0 Å². The smallest absolute Gasteiger partial charge is 0.227 e. The van der Waals surface area contributed by atoms with Gasteiger partial charge in [0.25, 0.3) is 0 Å². The molecule has 0 radical (unpaired) electrons. The predicted octanol–water partition coefficient (Wildman–Crippen LogP) is 5.23. The number of hydrogen-bond acceptors (Lipinski definition) is 4. The Hall–Kier alpha value is -2.47. The van der Waals surface area contributed by atoms with E-state index in [0.717, 1.165) is 49.0 Å². The van der Waals surface area contributed by atoms with Crippen molar-refractivity contribution < 1.29 is 13.7 Å². The number of likely N-dealkylation sites (tertiary alicyclic amines) is 1. The average Bonchev–Trinajstić information content (AvgIpc) is 3.30. The van der Waals surface area contributed by atoms with Crippen LogP contribution in [0, 0.1) is 5.82 Å². The normalized spacial score (nSPS) is 17.7. The summed E-state index contributed by atoms with van der Waals surface area (Å²) in [5, 5.41) is 8.27. The number of benzene rings is 1. The molecule has 1 fully saturated rings. The van der Waals surface area contributed by atoms with Gasteiger partial charge in [0.1, 0.15) is 11.5 Å². The first kappa shape index (κ1) is 17.9. The third-order valence-corrected chi connectivity index (χ3v) is 5.74. The molecule has 1 saturated heterocycles. The second-order valence-corrected chi connectivity index (χ2v) is 7.66. The van der Waals surface area contributed by atoms with Crippen molar-refractivity contribution in [2.75, 3.05) is 6.54 Å². The third kappa shape index (κ3) is 4.11. The quantitative estimate of drug-likeness (QED) is 0.619. The molecule has 2 aromatic heterocycles. The predicted molar refractivity (Wildman–Crippen MR) is 103 cm³/mol. The van der Waals surface area contributed by atoms with E-state index in [1.165, 1.54) is 12.1 Å². The monoisotopic (exact) mass is 384 g/mol. The van der Waals surface area contributed by atoms with E-state index >= 15 is 0 Å². The Morgan fingerprint density at radius 1 is 1.22 bits per heavy atom. The van der Waals surface area contributed by atoms with Crippen LogP contribution in [0.15, 0.2) is 51.7 Å². The van der Waals surface area contributed by atoms with Gasteiger partial charge in [-0.1, -0.05) is 18.0 Å². The molecule has 4 nitrogen and oxygen atoms in total. The number of rotatable bonds is 4. The summed E-state index contributed by atoms with van der Waals surface area (Å²) >= 11 is 1.61. The highest BCUT2D eigenvalue weighted by atomic mass is 32.1. The SMILES string of the molecule is O=C(Cc1ccsc1)N1CCCCCC1c1cc(-c2ccc(F)cc2)on1. The first-order valence-electron chi connectivity index (χ1n) is 9.24. The number of nitrogens with zero attached hydrogens (tertiary/aromatic N) is 2. The van der Waals surface area contributed by atoms with Gasteiger partial charge in [-0.2, -0.15) is 11.3 Å². The molecule has 1 atom stereocenters. The van der Waals surface area contributed by atoms with Crippen molar-refractivity contribution in [1.82, 2.24) is 10.1 Å². The van der Waals surface area contributed by atoms with E-state index in [4.69, 9.17) is 4.52 Å². The van der Waals surface area contributed by atoms with Crippen molar-refractivity contribution >= 4 is 17.2 Å². The molecule has 1 aromatic carbocycles. The van der Waals surface area contributed by atoms with Crippen LogP contribution in [0.5, 0.6) is 0 Å². The lowest BCUT2D eigenvalue weighted by molar-refractivity contribution is -0.133. The Labute approximate surface area is 161 Å². The highest BCUT2D eigenvalue weighted by molar-refractivity contribution is 7.08. The fraction of sp³-hybridized carbons (Fsp3) is 0.333. The minimum Gasteiger partial charge on any atom is -0.356 e. The Bertz CT molecular complexity index is 889. The zero-order chi connectivity index (χ0) is 18.6. The number of carbonyl (C=O) groups excluding carboxylic acids is 1. The van der Waals surface area contributed by atoms with Gasteiger partial charge in [0.2, 0.25) is 5.91 Å². The molecule has 3 heterocycles. The maximum atomic E-state index is 13.1. The zero-order valence-corrected chi connectivity index (χ0v) is 15.8. The second kappa shape index (κ2) is 8.05. The molecule has 0 bridgehead atoms. The van der Waals surface area contributed by atoms with E-state index in [1.54, 1.807) is 23.5 Å². The van der Waals surface area contributed by atoms with Crippen LogP contribution >= 0.6 is 11.3 Å². The standard InChI is InChI=1S/C21H21FN2O2S/c22-17-7-5-16(6-8-17)20-13-18(23-26-20)19-4-2-1-3-10-24(19)21(25)12-15-9-11-27-14-15/h5-9,11,13-14,19H,1-4,10,12H2. The molecule has 1 unspecified atom stereocenters. The van der Waals surface area contributed by atoms with E-state index in [9.17, 15) is 9.18 Å². The molecule has 1 amide bonds. The summed E-state index contributed by atoms with van der Waals surface area (Å²) in [4.78, 5) is 14.9. The first-order chi connectivity index (χ1) is 13.2. The third-order valence-electron chi connectivity index (χ3n) is 5.01. The molecule has 0 spiro atoms. The molecule has 4 rings (SSSR count). The first-order valence-corrected chi connectivity index (χ1v) is 10.2. The molecule has 6 heteroatoms. The Balaban J connectivity index is 1.57. The summed E-state index contributed by atoms with van der Waals surface area (Å²) in [6.45, 7) is 0.742. The van der Waals surface area contributed by atoms with Crippen molar-refractivity contribution in [2.45, 2.75) is 38.1 Å². The maximum absolute atomic E-state index is 13.1. The van der Waals surface area contributed by atoms with Crippen LogP contribution in [0.25, 0.3) is 11.3 Å². The van der Waals surface area contributed by atoms with Crippen molar-refractivity contribution in [1.29, 1.82) is 0 Å². The Morgan fingerprint density at radius 3 is 2.85 bits per heavy atom. The summed E-state index contributed by atoms with van der Waals surface area (Å²) < 4.78 is 18.7. The molecule has 140 valence electrons.